The van der Waals surface area contributed by atoms with Crippen LogP contribution in [-0.4, -0.2) is 44.9 Å². The molecule has 2 N–H and O–H groups in total. The van der Waals surface area contributed by atoms with Crippen LogP contribution in [0.4, 0.5) is 0 Å². The summed E-state index contributed by atoms with van der Waals surface area (Å²) < 4.78 is 31.9. The summed E-state index contributed by atoms with van der Waals surface area (Å²) in [5.74, 6) is -0.615. The first-order valence-corrected chi connectivity index (χ1v) is 9.22. The Bertz CT molecular complexity index is 595. The summed E-state index contributed by atoms with van der Waals surface area (Å²) in [5.41, 5.74) is 5.59. The Balaban J connectivity index is 2.36. The summed E-state index contributed by atoms with van der Waals surface area (Å²) in [7, 11) is -2.44. The number of nitrogens with two attached hydrogens (primary N) is 1. The first kappa shape index (κ1) is 16.4. The number of rotatable bonds is 5. The van der Waals surface area contributed by atoms with E-state index < -0.39 is 16.0 Å². The quantitative estimate of drug-likeness (QED) is 0.824. The standard InChI is InChI=1S/C13H20N2O4S2/c1-19-13(16)12-11(6-9-20-12)21(17,18)15-8-3-2-4-10(15)5-7-14/h6,9-10H,2-5,7-8,14H2,1H3. The van der Waals surface area contributed by atoms with Crippen molar-refractivity contribution >= 4 is 27.3 Å². The van der Waals surface area contributed by atoms with Gasteiger partial charge in [-0.3, -0.25) is 0 Å². The van der Waals surface area contributed by atoms with E-state index in [4.69, 9.17) is 5.73 Å². The molecule has 1 unspecified atom stereocenters. The molecule has 0 spiro atoms. The first-order valence-electron chi connectivity index (χ1n) is 6.90. The average molecular weight is 332 g/mol. The van der Waals surface area contributed by atoms with Gasteiger partial charge in [0.15, 0.2) is 0 Å². The molecule has 0 aromatic carbocycles. The highest BCUT2D eigenvalue weighted by Gasteiger charge is 2.36. The second-order valence-corrected chi connectivity index (χ2v) is 7.72. The molecule has 1 atom stereocenters. The summed E-state index contributed by atoms with van der Waals surface area (Å²) in [4.78, 5) is 11.9. The maximum Gasteiger partial charge on any atom is 0.349 e. The van der Waals surface area contributed by atoms with Crippen molar-refractivity contribution in [3.63, 3.8) is 0 Å². The lowest BCUT2D eigenvalue weighted by atomic mass is 10.0. The van der Waals surface area contributed by atoms with Gasteiger partial charge < -0.3 is 10.5 Å². The van der Waals surface area contributed by atoms with E-state index in [0.29, 0.717) is 19.5 Å². The van der Waals surface area contributed by atoms with Crippen molar-refractivity contribution < 1.29 is 17.9 Å². The van der Waals surface area contributed by atoms with E-state index in [0.717, 1.165) is 30.6 Å². The molecule has 118 valence electrons. The number of carbonyl (C=O) groups is 1. The van der Waals surface area contributed by atoms with Gasteiger partial charge in [-0.15, -0.1) is 11.3 Å². The molecule has 0 radical (unpaired) electrons. The predicted octanol–water partition coefficient (Wildman–Crippen LogP) is 1.43. The summed E-state index contributed by atoms with van der Waals surface area (Å²) in [6.07, 6.45) is 3.28. The van der Waals surface area contributed by atoms with Gasteiger partial charge in [0.05, 0.1) is 7.11 Å². The molecule has 0 aliphatic carbocycles. The fourth-order valence-electron chi connectivity index (χ4n) is 2.64. The van der Waals surface area contributed by atoms with E-state index in [1.165, 1.54) is 17.5 Å². The SMILES string of the molecule is COC(=O)c1sccc1S(=O)(=O)N1CCCCC1CCN. The lowest BCUT2D eigenvalue weighted by Crippen LogP contribution is -2.44. The van der Waals surface area contributed by atoms with Crippen LogP contribution in [0, 0.1) is 0 Å². The van der Waals surface area contributed by atoms with Crippen molar-refractivity contribution in [2.45, 2.75) is 36.6 Å². The zero-order valence-corrected chi connectivity index (χ0v) is 13.6. The van der Waals surface area contributed by atoms with E-state index >= 15 is 0 Å². The molecular formula is C13H20N2O4S2. The van der Waals surface area contributed by atoms with Gasteiger partial charge in [0.1, 0.15) is 9.77 Å². The fraction of sp³-hybridized carbons (Fsp3) is 0.615. The Morgan fingerprint density at radius 1 is 1.52 bits per heavy atom. The molecule has 21 heavy (non-hydrogen) atoms. The Morgan fingerprint density at radius 3 is 2.95 bits per heavy atom. The van der Waals surface area contributed by atoms with E-state index in [2.05, 4.69) is 4.74 Å². The number of esters is 1. The highest BCUT2D eigenvalue weighted by Crippen LogP contribution is 2.31. The third-order valence-corrected chi connectivity index (χ3v) is 6.68. The zero-order valence-electron chi connectivity index (χ0n) is 11.9. The lowest BCUT2D eigenvalue weighted by molar-refractivity contribution is 0.0602. The average Bonchev–Trinajstić information content (AvgIpc) is 2.97. The van der Waals surface area contributed by atoms with E-state index in [1.807, 2.05) is 0 Å². The third-order valence-electron chi connectivity index (χ3n) is 3.66. The lowest BCUT2D eigenvalue weighted by Gasteiger charge is -2.34. The second-order valence-electron chi connectivity index (χ2n) is 4.95. The normalized spacial score (nSPS) is 20.4. The number of thiophene rings is 1. The van der Waals surface area contributed by atoms with Gasteiger partial charge in [-0.2, -0.15) is 4.31 Å². The number of sulfonamides is 1. The van der Waals surface area contributed by atoms with Crippen molar-refractivity contribution in [1.82, 2.24) is 4.31 Å². The molecule has 1 aliphatic rings. The maximum atomic E-state index is 12.9. The summed E-state index contributed by atoms with van der Waals surface area (Å²) in [5, 5.41) is 1.60. The summed E-state index contributed by atoms with van der Waals surface area (Å²) in [6.45, 7) is 0.924. The van der Waals surface area contributed by atoms with Crippen LogP contribution in [-0.2, 0) is 14.8 Å². The van der Waals surface area contributed by atoms with Crippen LogP contribution in [0.1, 0.15) is 35.4 Å². The molecule has 0 bridgehead atoms. The van der Waals surface area contributed by atoms with Crippen molar-refractivity contribution in [2.24, 2.45) is 5.73 Å². The van der Waals surface area contributed by atoms with Crippen LogP contribution in [0.25, 0.3) is 0 Å². The van der Waals surface area contributed by atoms with Crippen molar-refractivity contribution in [3.8, 4) is 0 Å². The molecule has 0 amide bonds. The smallest absolute Gasteiger partial charge is 0.349 e. The Labute approximate surface area is 128 Å². The molecule has 1 fully saturated rings. The van der Waals surface area contributed by atoms with Gasteiger partial charge in [-0.1, -0.05) is 6.42 Å². The van der Waals surface area contributed by atoms with Crippen LogP contribution in [0.15, 0.2) is 16.3 Å². The number of nitrogens with zero attached hydrogens (tertiary/aromatic N) is 1. The van der Waals surface area contributed by atoms with E-state index in [9.17, 15) is 13.2 Å². The number of hydrogen-bond donors (Lipinski definition) is 1. The van der Waals surface area contributed by atoms with E-state index in [-0.39, 0.29) is 15.8 Å². The molecule has 1 aromatic rings. The van der Waals surface area contributed by atoms with Crippen molar-refractivity contribution in [3.05, 3.63) is 16.3 Å². The Kier molecular flexibility index (Phi) is 5.37. The number of ether oxygens (including phenoxy) is 1. The first-order chi connectivity index (χ1) is 10.0. The minimum absolute atomic E-state index is 0.0447. The second kappa shape index (κ2) is 6.87. The largest absolute Gasteiger partial charge is 0.465 e. The Morgan fingerprint density at radius 2 is 2.29 bits per heavy atom. The molecular weight excluding hydrogens is 312 g/mol. The van der Waals surface area contributed by atoms with Crippen molar-refractivity contribution in [2.75, 3.05) is 20.2 Å². The molecule has 2 rings (SSSR count). The monoisotopic (exact) mass is 332 g/mol. The molecule has 0 saturated carbocycles. The molecule has 1 aliphatic heterocycles. The topological polar surface area (TPSA) is 89.7 Å². The van der Waals surface area contributed by atoms with Crippen LogP contribution >= 0.6 is 11.3 Å². The highest BCUT2D eigenvalue weighted by molar-refractivity contribution is 7.89. The minimum atomic E-state index is -3.69. The Hall–Kier alpha value is -0.960. The van der Waals surface area contributed by atoms with Crippen LogP contribution in [0.2, 0.25) is 0 Å². The summed E-state index contributed by atoms with van der Waals surface area (Å²) in [6, 6.07) is 1.39. The minimum Gasteiger partial charge on any atom is -0.465 e. The number of carbonyl (C=O) groups excluding carboxylic acids is 1. The molecule has 1 saturated heterocycles. The fourth-order valence-corrected chi connectivity index (χ4v) is 5.67. The number of hydrogen-bond acceptors (Lipinski definition) is 6. The van der Waals surface area contributed by atoms with Gasteiger partial charge in [0.25, 0.3) is 0 Å². The zero-order chi connectivity index (χ0) is 15.5. The number of piperidine rings is 1. The van der Waals surface area contributed by atoms with Gasteiger partial charge in [0, 0.05) is 12.6 Å². The summed E-state index contributed by atoms with van der Waals surface area (Å²) >= 11 is 1.08. The van der Waals surface area contributed by atoms with Crippen molar-refractivity contribution in [1.29, 1.82) is 0 Å². The predicted molar refractivity (Wildman–Crippen MR) is 80.9 cm³/mol. The molecule has 2 heterocycles. The number of methoxy groups -OCH3 is 1. The van der Waals surface area contributed by atoms with Crippen LogP contribution < -0.4 is 5.73 Å². The van der Waals surface area contributed by atoms with Crippen LogP contribution in [0.5, 0.6) is 0 Å². The van der Waals surface area contributed by atoms with Gasteiger partial charge >= 0.3 is 5.97 Å². The third kappa shape index (κ3) is 3.28. The van der Waals surface area contributed by atoms with Gasteiger partial charge in [-0.05, 0) is 37.3 Å². The van der Waals surface area contributed by atoms with E-state index in [1.54, 1.807) is 5.38 Å². The molecule has 8 heteroatoms. The van der Waals surface area contributed by atoms with Gasteiger partial charge in [0.2, 0.25) is 10.0 Å². The van der Waals surface area contributed by atoms with Crippen LogP contribution in [0.3, 0.4) is 0 Å². The maximum absolute atomic E-state index is 12.9. The molecule has 6 nitrogen and oxygen atoms in total. The highest BCUT2D eigenvalue weighted by atomic mass is 32.2. The van der Waals surface area contributed by atoms with Gasteiger partial charge in [-0.25, -0.2) is 13.2 Å². The molecule has 1 aromatic heterocycles.